The van der Waals surface area contributed by atoms with Crippen LogP contribution in [0.4, 0.5) is 0 Å². The molecule has 168 valence electrons. The highest BCUT2D eigenvalue weighted by atomic mass is 16.5. The van der Waals surface area contributed by atoms with E-state index in [1.54, 1.807) is 0 Å². The molecule has 0 N–H and O–H groups in total. The van der Waals surface area contributed by atoms with E-state index >= 15 is 0 Å². The molecule has 3 aromatic heterocycles. The molecule has 1 aliphatic heterocycles. The van der Waals surface area contributed by atoms with Crippen LogP contribution in [0.5, 0.6) is 0 Å². The summed E-state index contributed by atoms with van der Waals surface area (Å²) < 4.78 is 8.23. The fourth-order valence-electron chi connectivity index (χ4n) is 4.48. The maximum atomic E-state index is 6.14. The van der Waals surface area contributed by atoms with E-state index in [-0.39, 0.29) is 12.0 Å². The van der Waals surface area contributed by atoms with Gasteiger partial charge in [0.15, 0.2) is 5.65 Å². The first-order valence-corrected chi connectivity index (χ1v) is 12.0. The summed E-state index contributed by atoms with van der Waals surface area (Å²) in [5.41, 5.74) is 4.95. The standard InChI is InChI=1S/C26H33N5O/c1-16(2)5-6-17(3)24-22-10-7-18(4)28-26(22)30-25(29-24)19-11-12-32-23(13-19)20-14-27-31(15-20)21-8-9-21/h7,10,14-16,19,21,23H,3,5-6,8-9,11-13H2,1-2,4H3/t19-,23+/m0/s1. The highest BCUT2D eigenvalue weighted by Crippen LogP contribution is 2.39. The molecule has 0 unspecified atom stereocenters. The van der Waals surface area contributed by atoms with Gasteiger partial charge in [0.1, 0.15) is 5.82 Å². The molecule has 0 amide bonds. The zero-order chi connectivity index (χ0) is 22.2. The SMILES string of the molecule is C=C(CCC(C)C)c1nc([C@H]2CCO[C@@H](c3cnn(C4CC4)c3)C2)nc2nc(C)ccc12. The molecule has 5 rings (SSSR count). The maximum absolute atomic E-state index is 6.14. The van der Waals surface area contributed by atoms with Gasteiger partial charge >= 0.3 is 0 Å². The van der Waals surface area contributed by atoms with Crippen LogP contribution in [0.3, 0.4) is 0 Å². The van der Waals surface area contributed by atoms with Crippen LogP contribution < -0.4 is 0 Å². The second kappa shape index (κ2) is 8.74. The number of ether oxygens (including phenoxy) is 1. The predicted molar refractivity (Wildman–Crippen MR) is 126 cm³/mol. The molecule has 32 heavy (non-hydrogen) atoms. The third-order valence-electron chi connectivity index (χ3n) is 6.64. The molecule has 0 spiro atoms. The van der Waals surface area contributed by atoms with E-state index in [1.807, 2.05) is 19.2 Å². The number of rotatable bonds is 7. The van der Waals surface area contributed by atoms with E-state index in [1.165, 1.54) is 12.8 Å². The van der Waals surface area contributed by atoms with Gasteiger partial charge in [-0.15, -0.1) is 0 Å². The molecule has 1 saturated heterocycles. The second-order valence-electron chi connectivity index (χ2n) is 9.86. The highest BCUT2D eigenvalue weighted by molar-refractivity contribution is 5.87. The summed E-state index contributed by atoms with van der Waals surface area (Å²) >= 11 is 0. The Kier molecular flexibility index (Phi) is 5.80. The van der Waals surface area contributed by atoms with E-state index in [0.717, 1.165) is 65.1 Å². The van der Waals surface area contributed by atoms with Gasteiger partial charge in [-0.25, -0.2) is 15.0 Å². The first-order chi connectivity index (χ1) is 15.5. The van der Waals surface area contributed by atoms with E-state index in [9.17, 15) is 0 Å². The summed E-state index contributed by atoms with van der Waals surface area (Å²) in [6.45, 7) is 11.6. The van der Waals surface area contributed by atoms with Gasteiger partial charge in [-0.2, -0.15) is 5.10 Å². The van der Waals surface area contributed by atoms with Gasteiger partial charge in [0, 0.05) is 35.4 Å². The van der Waals surface area contributed by atoms with Crippen LogP contribution in [0.2, 0.25) is 0 Å². The number of fused-ring (bicyclic) bond motifs is 1. The van der Waals surface area contributed by atoms with Crippen LogP contribution in [0.1, 0.15) is 93.2 Å². The quantitative estimate of drug-likeness (QED) is 0.462. The number of allylic oxidation sites excluding steroid dienone is 1. The van der Waals surface area contributed by atoms with Gasteiger partial charge in [-0.05, 0) is 69.1 Å². The number of pyridine rings is 1. The van der Waals surface area contributed by atoms with Crippen LogP contribution >= 0.6 is 0 Å². The van der Waals surface area contributed by atoms with Crippen molar-refractivity contribution in [2.75, 3.05) is 6.61 Å². The minimum Gasteiger partial charge on any atom is -0.373 e. The minimum absolute atomic E-state index is 0.0404. The Labute approximate surface area is 190 Å². The van der Waals surface area contributed by atoms with Crippen molar-refractivity contribution in [2.24, 2.45) is 5.92 Å². The van der Waals surface area contributed by atoms with Crippen molar-refractivity contribution in [3.63, 3.8) is 0 Å². The van der Waals surface area contributed by atoms with Crippen LogP contribution in [0, 0.1) is 12.8 Å². The maximum Gasteiger partial charge on any atom is 0.163 e. The summed E-state index contributed by atoms with van der Waals surface area (Å²) in [5.74, 6) is 1.74. The lowest BCUT2D eigenvalue weighted by molar-refractivity contribution is 0.00394. The van der Waals surface area contributed by atoms with Gasteiger partial charge in [-0.3, -0.25) is 4.68 Å². The zero-order valence-electron chi connectivity index (χ0n) is 19.4. The van der Waals surface area contributed by atoms with E-state index in [2.05, 4.69) is 42.5 Å². The zero-order valence-corrected chi connectivity index (χ0v) is 19.4. The Morgan fingerprint density at radius 1 is 1.19 bits per heavy atom. The van der Waals surface area contributed by atoms with Gasteiger partial charge in [-0.1, -0.05) is 20.4 Å². The molecule has 2 atom stereocenters. The minimum atomic E-state index is 0.0404. The Hall–Kier alpha value is -2.60. The Balaban J connectivity index is 1.44. The van der Waals surface area contributed by atoms with Crippen molar-refractivity contribution in [3.8, 4) is 0 Å². The summed E-state index contributed by atoms with van der Waals surface area (Å²) in [6.07, 6.45) is 10.5. The molecule has 0 radical (unpaired) electrons. The van der Waals surface area contributed by atoms with Gasteiger partial charge in [0.2, 0.25) is 0 Å². The largest absolute Gasteiger partial charge is 0.373 e. The molecule has 0 aromatic carbocycles. The number of aromatic nitrogens is 5. The van der Waals surface area contributed by atoms with Gasteiger partial charge in [0.25, 0.3) is 0 Å². The number of hydrogen-bond acceptors (Lipinski definition) is 5. The summed E-state index contributed by atoms with van der Waals surface area (Å²) in [4.78, 5) is 14.7. The molecule has 2 aliphatic rings. The van der Waals surface area contributed by atoms with Crippen molar-refractivity contribution in [1.29, 1.82) is 0 Å². The molecule has 6 nitrogen and oxygen atoms in total. The Morgan fingerprint density at radius 2 is 2.03 bits per heavy atom. The molecular formula is C26H33N5O. The van der Waals surface area contributed by atoms with Crippen LogP contribution in [0.15, 0.2) is 31.1 Å². The van der Waals surface area contributed by atoms with E-state index in [4.69, 9.17) is 19.7 Å². The summed E-state index contributed by atoms with van der Waals surface area (Å²) in [5, 5.41) is 5.56. The smallest absolute Gasteiger partial charge is 0.163 e. The fraction of sp³-hybridized carbons (Fsp3) is 0.538. The first kappa shape index (κ1) is 21.3. The molecule has 4 heterocycles. The fourth-order valence-corrected chi connectivity index (χ4v) is 4.48. The average Bonchev–Trinajstić information content (AvgIpc) is 3.52. The molecule has 2 fully saturated rings. The third kappa shape index (κ3) is 4.46. The summed E-state index contributed by atoms with van der Waals surface area (Å²) in [6, 6.07) is 4.71. The third-order valence-corrected chi connectivity index (χ3v) is 6.64. The monoisotopic (exact) mass is 431 g/mol. The molecule has 3 aromatic rings. The Bertz CT molecular complexity index is 1130. The van der Waals surface area contributed by atoms with Gasteiger partial charge in [0.05, 0.1) is 24.0 Å². The topological polar surface area (TPSA) is 65.7 Å². The molecule has 1 saturated carbocycles. The van der Waals surface area contributed by atoms with Crippen molar-refractivity contribution in [1.82, 2.24) is 24.7 Å². The van der Waals surface area contributed by atoms with E-state index < -0.39 is 0 Å². The lowest BCUT2D eigenvalue weighted by Gasteiger charge is -2.28. The van der Waals surface area contributed by atoms with Crippen LogP contribution in [-0.2, 0) is 4.74 Å². The summed E-state index contributed by atoms with van der Waals surface area (Å²) in [7, 11) is 0. The highest BCUT2D eigenvalue weighted by Gasteiger charge is 2.30. The number of hydrogen-bond donors (Lipinski definition) is 0. The van der Waals surface area contributed by atoms with Crippen molar-refractivity contribution in [2.45, 2.75) is 77.4 Å². The lowest BCUT2D eigenvalue weighted by Crippen LogP contribution is -2.20. The average molecular weight is 432 g/mol. The van der Waals surface area contributed by atoms with Crippen molar-refractivity contribution >= 4 is 16.6 Å². The predicted octanol–water partition coefficient (Wildman–Crippen LogP) is 5.95. The van der Waals surface area contributed by atoms with Crippen molar-refractivity contribution in [3.05, 3.63) is 53.9 Å². The van der Waals surface area contributed by atoms with Gasteiger partial charge < -0.3 is 4.74 Å². The molecule has 6 heteroatoms. The molecular weight excluding hydrogens is 398 g/mol. The van der Waals surface area contributed by atoms with E-state index in [0.29, 0.717) is 18.6 Å². The Morgan fingerprint density at radius 3 is 2.81 bits per heavy atom. The first-order valence-electron chi connectivity index (χ1n) is 12.0. The lowest BCUT2D eigenvalue weighted by atomic mass is 9.91. The number of aryl methyl sites for hydroxylation is 1. The van der Waals surface area contributed by atoms with Crippen LogP contribution in [0.25, 0.3) is 16.6 Å². The van der Waals surface area contributed by atoms with Crippen molar-refractivity contribution < 1.29 is 4.74 Å². The normalized spacial score (nSPS) is 21.4. The number of nitrogens with zero attached hydrogens (tertiary/aromatic N) is 5. The van der Waals surface area contributed by atoms with Crippen LogP contribution in [-0.4, -0.2) is 31.3 Å². The molecule has 1 aliphatic carbocycles. The molecule has 0 bridgehead atoms. The second-order valence-corrected chi connectivity index (χ2v) is 9.86.